The van der Waals surface area contributed by atoms with Crippen molar-refractivity contribution >= 4 is 43.3 Å². The third-order valence-electron chi connectivity index (χ3n) is 7.78. The zero-order valence-electron chi connectivity index (χ0n) is 22.8. The molecule has 0 unspecified atom stereocenters. The molecule has 0 amide bonds. The molecule has 0 aliphatic carbocycles. The normalized spacial score (nSPS) is 14.7. The van der Waals surface area contributed by atoms with Gasteiger partial charge in [0.15, 0.2) is 5.43 Å². The predicted molar refractivity (Wildman–Crippen MR) is 161 cm³/mol. The van der Waals surface area contributed by atoms with Crippen LogP contribution >= 0.6 is 0 Å². The first-order valence-electron chi connectivity index (χ1n) is 13.7. The predicted octanol–water partition coefficient (Wildman–Crippen LogP) is 6.00. The van der Waals surface area contributed by atoms with Gasteiger partial charge in [0.1, 0.15) is 11.4 Å². The Kier molecular flexibility index (Phi) is 6.84. The first kappa shape index (κ1) is 27.1. The van der Waals surface area contributed by atoms with Gasteiger partial charge in [-0.15, -0.1) is 6.42 Å². The van der Waals surface area contributed by atoms with Crippen LogP contribution in [-0.2, 0) is 16.9 Å². The van der Waals surface area contributed by atoms with E-state index in [0.717, 1.165) is 64.7 Å². The summed E-state index contributed by atoms with van der Waals surface area (Å²) in [5.41, 5.74) is 5.46. The standard InChI is InChI=1S/C32H30FN3O4S/c1-4-20-8-9-25-28(15-20)35-32-30(25)31(37)27-17-22(14-19(2)3)26(18-29(27)36(32)23-10-12-34-13-11-23)21-6-5-7-24(16-21)40-41(33,38)39/h1,5-9,15-19,23,34-35H,10-14H2,2-3H3. The summed E-state index contributed by atoms with van der Waals surface area (Å²) in [6, 6.07) is 16.1. The van der Waals surface area contributed by atoms with Crippen molar-refractivity contribution < 1.29 is 16.5 Å². The Hall–Kier alpha value is -4.13. The molecule has 210 valence electrons. The molecule has 5 aromatic rings. The Labute approximate surface area is 237 Å². The molecule has 1 aliphatic heterocycles. The quantitative estimate of drug-likeness (QED) is 0.193. The maximum atomic E-state index is 14.2. The zero-order valence-corrected chi connectivity index (χ0v) is 23.6. The number of benzene rings is 3. The van der Waals surface area contributed by atoms with Gasteiger partial charge in [-0.2, -0.15) is 8.42 Å². The van der Waals surface area contributed by atoms with E-state index in [4.69, 9.17) is 6.42 Å². The van der Waals surface area contributed by atoms with E-state index in [-0.39, 0.29) is 23.1 Å². The molecule has 1 aliphatic rings. The van der Waals surface area contributed by atoms with Crippen LogP contribution in [0.25, 0.3) is 44.0 Å². The number of aromatic nitrogens is 2. The summed E-state index contributed by atoms with van der Waals surface area (Å²) in [7, 11) is -5.18. The molecule has 3 heterocycles. The maximum Gasteiger partial charge on any atom is 0.488 e. The SMILES string of the molecule is C#Cc1ccc2c(c1)[nH]c1c2c(=O)c2cc(CC(C)C)c(-c3cccc(OS(=O)(=O)F)c3)cc2n1C1CCNCC1. The second kappa shape index (κ2) is 10.4. The van der Waals surface area contributed by atoms with Crippen LogP contribution in [0.15, 0.2) is 59.4 Å². The van der Waals surface area contributed by atoms with E-state index in [9.17, 15) is 17.1 Å². The average molecular weight is 572 g/mol. The van der Waals surface area contributed by atoms with Crippen LogP contribution in [0.2, 0.25) is 0 Å². The number of rotatable bonds is 6. The zero-order chi connectivity index (χ0) is 28.9. The summed E-state index contributed by atoms with van der Waals surface area (Å²) in [6.45, 7) is 5.91. The van der Waals surface area contributed by atoms with Gasteiger partial charge < -0.3 is 19.1 Å². The smallest absolute Gasteiger partial charge is 0.358 e. The van der Waals surface area contributed by atoms with Crippen molar-refractivity contribution in [2.45, 2.75) is 39.2 Å². The summed E-state index contributed by atoms with van der Waals surface area (Å²) >= 11 is 0. The third-order valence-corrected chi connectivity index (χ3v) is 8.17. The average Bonchev–Trinajstić information content (AvgIpc) is 3.31. The van der Waals surface area contributed by atoms with Crippen LogP contribution < -0.4 is 14.9 Å². The van der Waals surface area contributed by atoms with E-state index in [1.165, 1.54) is 12.1 Å². The van der Waals surface area contributed by atoms with Crippen LogP contribution in [0.5, 0.6) is 5.75 Å². The molecule has 1 fully saturated rings. The van der Waals surface area contributed by atoms with E-state index >= 15 is 0 Å². The molecule has 0 spiro atoms. The van der Waals surface area contributed by atoms with Gasteiger partial charge in [0, 0.05) is 27.9 Å². The number of hydrogen-bond donors (Lipinski definition) is 2. The molecule has 2 N–H and O–H groups in total. The third kappa shape index (κ3) is 5.09. The van der Waals surface area contributed by atoms with Crippen LogP contribution in [-0.4, -0.2) is 31.1 Å². The minimum absolute atomic E-state index is 0.0583. The molecule has 6 rings (SSSR count). The van der Waals surface area contributed by atoms with E-state index in [2.05, 4.69) is 38.8 Å². The second-order valence-corrected chi connectivity index (χ2v) is 12.0. The van der Waals surface area contributed by atoms with Crippen molar-refractivity contribution in [1.29, 1.82) is 0 Å². The fraction of sp³-hybridized carbons (Fsp3) is 0.281. The van der Waals surface area contributed by atoms with Crippen molar-refractivity contribution in [2.24, 2.45) is 5.92 Å². The molecule has 2 aromatic heterocycles. The second-order valence-electron chi connectivity index (χ2n) is 11.1. The lowest BCUT2D eigenvalue weighted by Crippen LogP contribution is -2.30. The minimum atomic E-state index is -5.18. The van der Waals surface area contributed by atoms with Gasteiger partial charge in [-0.25, -0.2) is 0 Å². The molecule has 0 bridgehead atoms. The largest absolute Gasteiger partial charge is 0.488 e. The van der Waals surface area contributed by atoms with Gasteiger partial charge >= 0.3 is 10.5 Å². The van der Waals surface area contributed by atoms with Gasteiger partial charge in [-0.3, -0.25) is 4.79 Å². The lowest BCUT2D eigenvalue weighted by Gasteiger charge is -2.28. The lowest BCUT2D eigenvalue weighted by molar-refractivity contribution is 0.381. The van der Waals surface area contributed by atoms with Gasteiger partial charge in [-0.05, 0) is 91.4 Å². The summed E-state index contributed by atoms with van der Waals surface area (Å²) in [5, 5.41) is 5.52. The highest BCUT2D eigenvalue weighted by Gasteiger charge is 2.24. The number of halogens is 1. The summed E-state index contributed by atoms with van der Waals surface area (Å²) in [5.74, 6) is 2.84. The van der Waals surface area contributed by atoms with Gasteiger partial charge in [-0.1, -0.05) is 41.9 Å². The highest BCUT2D eigenvalue weighted by Crippen LogP contribution is 2.37. The van der Waals surface area contributed by atoms with Crippen molar-refractivity contribution in [3.8, 4) is 29.2 Å². The maximum absolute atomic E-state index is 14.2. The molecule has 0 atom stereocenters. The topological polar surface area (TPSA) is 93.2 Å². The van der Waals surface area contributed by atoms with E-state index in [1.54, 1.807) is 6.07 Å². The fourth-order valence-electron chi connectivity index (χ4n) is 6.10. The van der Waals surface area contributed by atoms with Crippen molar-refractivity contribution in [3.63, 3.8) is 0 Å². The number of piperidine rings is 1. The van der Waals surface area contributed by atoms with Crippen LogP contribution in [0.1, 0.15) is 43.9 Å². The number of H-pyrrole nitrogens is 1. The van der Waals surface area contributed by atoms with Crippen molar-refractivity contribution in [1.82, 2.24) is 14.9 Å². The number of pyridine rings is 1. The van der Waals surface area contributed by atoms with E-state index < -0.39 is 10.5 Å². The van der Waals surface area contributed by atoms with Crippen LogP contribution in [0, 0.1) is 18.3 Å². The Morgan fingerprint density at radius 3 is 2.59 bits per heavy atom. The van der Waals surface area contributed by atoms with Crippen molar-refractivity contribution in [2.75, 3.05) is 13.1 Å². The van der Waals surface area contributed by atoms with Gasteiger partial charge in [0.05, 0.1) is 10.9 Å². The molecule has 0 saturated carbocycles. The number of terminal acetylenes is 1. The molecule has 0 radical (unpaired) electrons. The van der Waals surface area contributed by atoms with Crippen LogP contribution in [0.4, 0.5) is 3.89 Å². The first-order chi connectivity index (χ1) is 19.6. The molecule has 1 saturated heterocycles. The molecular weight excluding hydrogens is 541 g/mol. The number of nitrogens with zero attached hydrogens (tertiary/aromatic N) is 1. The minimum Gasteiger partial charge on any atom is -0.358 e. The highest BCUT2D eigenvalue weighted by atomic mass is 32.3. The molecule has 9 heteroatoms. The van der Waals surface area contributed by atoms with Crippen LogP contribution in [0.3, 0.4) is 0 Å². The molecule has 41 heavy (non-hydrogen) atoms. The summed E-state index contributed by atoms with van der Waals surface area (Å²) in [4.78, 5) is 17.7. The Bertz CT molecular complexity index is 2030. The molecule has 7 nitrogen and oxygen atoms in total. The number of fused-ring (bicyclic) bond motifs is 4. The monoisotopic (exact) mass is 571 g/mol. The summed E-state index contributed by atoms with van der Waals surface area (Å²) in [6.07, 6.45) is 8.12. The molecule has 3 aromatic carbocycles. The van der Waals surface area contributed by atoms with Crippen molar-refractivity contribution in [3.05, 3.63) is 75.9 Å². The summed E-state index contributed by atoms with van der Waals surface area (Å²) < 4.78 is 42.5. The fourth-order valence-corrected chi connectivity index (χ4v) is 6.44. The number of aromatic amines is 1. The van der Waals surface area contributed by atoms with E-state index in [0.29, 0.717) is 22.8 Å². The highest BCUT2D eigenvalue weighted by molar-refractivity contribution is 7.81. The number of hydrogen-bond acceptors (Lipinski definition) is 5. The first-order valence-corrected chi connectivity index (χ1v) is 15.0. The number of nitrogens with one attached hydrogen (secondary N) is 2. The molecular formula is C32H30FN3O4S. The Balaban J connectivity index is 1.70. The Morgan fingerprint density at radius 1 is 1.10 bits per heavy atom. The van der Waals surface area contributed by atoms with Gasteiger partial charge in [0.25, 0.3) is 0 Å². The lowest BCUT2D eigenvalue weighted by atomic mass is 9.91. The van der Waals surface area contributed by atoms with E-state index in [1.807, 2.05) is 36.4 Å². The van der Waals surface area contributed by atoms with Gasteiger partial charge in [0.2, 0.25) is 0 Å². The Morgan fingerprint density at radius 2 is 1.88 bits per heavy atom.